The standard InChI is InChI=1S/C24H26N4O3/c1-15-5-3-4-6-20(15)24(30)26-13-17-7-9-18(10-8-17)22-21(23(25)29)16(2)28(27-22)19-11-12-31-14-19/h3-10,19H,11-14H2,1-2H3,(H2,25,29)(H,26,30). The van der Waals surface area contributed by atoms with Crippen LogP contribution in [0.15, 0.2) is 48.5 Å². The Kier molecular flexibility index (Phi) is 5.86. The first kappa shape index (κ1) is 20.8. The fourth-order valence-corrected chi connectivity index (χ4v) is 3.97. The zero-order chi connectivity index (χ0) is 22.0. The van der Waals surface area contributed by atoms with Crippen LogP contribution in [0.3, 0.4) is 0 Å². The molecule has 1 fully saturated rings. The third-order valence-corrected chi connectivity index (χ3v) is 5.72. The molecule has 7 nitrogen and oxygen atoms in total. The van der Waals surface area contributed by atoms with Crippen LogP contribution in [0.2, 0.25) is 0 Å². The predicted octanol–water partition coefficient (Wildman–Crippen LogP) is 3.16. The van der Waals surface area contributed by atoms with E-state index in [1.54, 1.807) is 0 Å². The van der Waals surface area contributed by atoms with E-state index in [-0.39, 0.29) is 11.9 Å². The largest absolute Gasteiger partial charge is 0.379 e. The first-order valence-corrected chi connectivity index (χ1v) is 10.4. The summed E-state index contributed by atoms with van der Waals surface area (Å²) in [6.45, 7) is 5.46. The van der Waals surface area contributed by atoms with Crippen LogP contribution in [-0.4, -0.2) is 34.8 Å². The summed E-state index contributed by atoms with van der Waals surface area (Å²) in [5.41, 5.74) is 10.8. The molecule has 2 aromatic carbocycles. The Morgan fingerprint density at radius 1 is 1.16 bits per heavy atom. The first-order chi connectivity index (χ1) is 15.0. The van der Waals surface area contributed by atoms with E-state index >= 15 is 0 Å². The number of aromatic nitrogens is 2. The normalized spacial score (nSPS) is 15.7. The molecule has 1 aliphatic rings. The Labute approximate surface area is 181 Å². The van der Waals surface area contributed by atoms with Crippen molar-refractivity contribution in [3.05, 3.63) is 76.5 Å². The van der Waals surface area contributed by atoms with Gasteiger partial charge in [-0.2, -0.15) is 5.10 Å². The number of benzene rings is 2. The van der Waals surface area contributed by atoms with Crippen molar-refractivity contribution >= 4 is 11.8 Å². The lowest BCUT2D eigenvalue weighted by atomic mass is 10.0. The number of nitrogens with two attached hydrogens (primary N) is 1. The van der Waals surface area contributed by atoms with Gasteiger partial charge in [0.15, 0.2) is 0 Å². The maximum absolute atomic E-state index is 12.4. The van der Waals surface area contributed by atoms with E-state index in [4.69, 9.17) is 15.6 Å². The highest BCUT2D eigenvalue weighted by molar-refractivity contribution is 6.00. The van der Waals surface area contributed by atoms with Gasteiger partial charge in [0, 0.05) is 30.0 Å². The molecule has 7 heteroatoms. The average Bonchev–Trinajstić information content (AvgIpc) is 3.40. The summed E-state index contributed by atoms with van der Waals surface area (Å²) in [5.74, 6) is -0.599. The maximum atomic E-state index is 12.4. The zero-order valence-corrected chi connectivity index (χ0v) is 17.7. The van der Waals surface area contributed by atoms with Gasteiger partial charge in [0.1, 0.15) is 5.69 Å². The Bertz CT molecular complexity index is 1110. The second kappa shape index (κ2) is 8.73. The molecular formula is C24H26N4O3. The SMILES string of the molecule is Cc1ccccc1C(=O)NCc1ccc(-c2nn(C3CCOC3)c(C)c2C(N)=O)cc1. The molecule has 0 saturated carbocycles. The van der Waals surface area contributed by atoms with Crippen LogP contribution in [0, 0.1) is 13.8 Å². The molecule has 31 heavy (non-hydrogen) atoms. The number of carbonyl (C=O) groups is 2. The van der Waals surface area contributed by atoms with E-state index in [0.717, 1.165) is 28.8 Å². The van der Waals surface area contributed by atoms with Gasteiger partial charge in [-0.15, -0.1) is 0 Å². The smallest absolute Gasteiger partial charge is 0.252 e. The number of hydrogen-bond donors (Lipinski definition) is 2. The molecular weight excluding hydrogens is 392 g/mol. The summed E-state index contributed by atoms with van der Waals surface area (Å²) in [5, 5.41) is 7.65. The number of nitrogens with one attached hydrogen (secondary N) is 1. The van der Waals surface area contributed by atoms with Crippen molar-refractivity contribution in [1.29, 1.82) is 0 Å². The van der Waals surface area contributed by atoms with Crippen LogP contribution >= 0.6 is 0 Å². The van der Waals surface area contributed by atoms with Gasteiger partial charge >= 0.3 is 0 Å². The number of rotatable bonds is 6. The molecule has 4 rings (SSSR count). The summed E-state index contributed by atoms with van der Waals surface area (Å²) < 4.78 is 7.33. The second-order valence-electron chi connectivity index (χ2n) is 7.83. The van der Waals surface area contributed by atoms with Crippen molar-refractivity contribution in [3.8, 4) is 11.3 Å². The molecule has 0 radical (unpaired) electrons. The molecule has 1 atom stereocenters. The Balaban J connectivity index is 1.53. The molecule has 160 valence electrons. The highest BCUT2D eigenvalue weighted by atomic mass is 16.5. The van der Waals surface area contributed by atoms with Gasteiger partial charge in [0.25, 0.3) is 11.8 Å². The fraction of sp³-hybridized carbons (Fsp3) is 0.292. The van der Waals surface area contributed by atoms with E-state index in [9.17, 15) is 9.59 Å². The molecule has 0 spiro atoms. The average molecular weight is 418 g/mol. The number of ether oxygens (including phenoxy) is 1. The van der Waals surface area contributed by atoms with Crippen LogP contribution in [0.1, 0.15) is 50.0 Å². The molecule has 1 unspecified atom stereocenters. The first-order valence-electron chi connectivity index (χ1n) is 10.4. The minimum absolute atomic E-state index is 0.105. The van der Waals surface area contributed by atoms with Crippen molar-refractivity contribution in [1.82, 2.24) is 15.1 Å². The monoisotopic (exact) mass is 418 g/mol. The number of hydrogen-bond acceptors (Lipinski definition) is 4. The van der Waals surface area contributed by atoms with Gasteiger partial charge in [-0.3, -0.25) is 14.3 Å². The molecule has 1 saturated heterocycles. The predicted molar refractivity (Wildman–Crippen MR) is 118 cm³/mol. The van der Waals surface area contributed by atoms with Gasteiger partial charge in [-0.05, 0) is 37.5 Å². The highest BCUT2D eigenvalue weighted by Gasteiger charge is 2.26. The van der Waals surface area contributed by atoms with Gasteiger partial charge in [0.2, 0.25) is 0 Å². The summed E-state index contributed by atoms with van der Waals surface area (Å²) >= 11 is 0. The Morgan fingerprint density at radius 2 is 1.90 bits per heavy atom. The third-order valence-electron chi connectivity index (χ3n) is 5.72. The Hall–Kier alpha value is -3.45. The lowest BCUT2D eigenvalue weighted by Gasteiger charge is -2.10. The maximum Gasteiger partial charge on any atom is 0.252 e. The molecule has 1 aliphatic heterocycles. The number of nitrogens with zero attached hydrogens (tertiary/aromatic N) is 2. The lowest BCUT2D eigenvalue weighted by molar-refractivity contribution is 0.0949. The van der Waals surface area contributed by atoms with Gasteiger partial charge in [-0.1, -0.05) is 42.5 Å². The van der Waals surface area contributed by atoms with Crippen molar-refractivity contribution in [2.75, 3.05) is 13.2 Å². The number of carbonyl (C=O) groups excluding carboxylic acids is 2. The quantitative estimate of drug-likeness (QED) is 0.642. The number of aryl methyl sites for hydroxylation is 1. The second-order valence-corrected chi connectivity index (χ2v) is 7.83. The molecule has 0 bridgehead atoms. The summed E-state index contributed by atoms with van der Waals surface area (Å²) in [6.07, 6.45) is 0.861. The van der Waals surface area contributed by atoms with Crippen LogP contribution in [0.4, 0.5) is 0 Å². The molecule has 3 aromatic rings. The van der Waals surface area contributed by atoms with Crippen molar-refractivity contribution in [2.45, 2.75) is 32.9 Å². The van der Waals surface area contributed by atoms with Crippen LogP contribution < -0.4 is 11.1 Å². The number of primary amides is 1. The Morgan fingerprint density at radius 3 is 2.55 bits per heavy atom. The van der Waals surface area contributed by atoms with E-state index in [0.29, 0.717) is 36.6 Å². The van der Waals surface area contributed by atoms with Crippen LogP contribution in [-0.2, 0) is 11.3 Å². The summed E-state index contributed by atoms with van der Waals surface area (Å²) in [6, 6.07) is 15.3. The summed E-state index contributed by atoms with van der Waals surface area (Å²) in [7, 11) is 0. The molecule has 2 amide bonds. The fourth-order valence-electron chi connectivity index (χ4n) is 3.97. The topological polar surface area (TPSA) is 99.2 Å². The number of amides is 2. The van der Waals surface area contributed by atoms with E-state index < -0.39 is 5.91 Å². The molecule has 3 N–H and O–H groups in total. The zero-order valence-electron chi connectivity index (χ0n) is 17.7. The van der Waals surface area contributed by atoms with Crippen molar-refractivity contribution < 1.29 is 14.3 Å². The molecule has 1 aromatic heterocycles. The third kappa shape index (κ3) is 4.22. The van der Waals surface area contributed by atoms with Crippen LogP contribution in [0.25, 0.3) is 11.3 Å². The van der Waals surface area contributed by atoms with E-state index in [1.165, 1.54) is 0 Å². The lowest BCUT2D eigenvalue weighted by Crippen LogP contribution is -2.23. The molecule has 2 heterocycles. The minimum Gasteiger partial charge on any atom is -0.379 e. The van der Waals surface area contributed by atoms with Crippen molar-refractivity contribution in [3.63, 3.8) is 0 Å². The van der Waals surface area contributed by atoms with Gasteiger partial charge in [-0.25, -0.2) is 0 Å². The van der Waals surface area contributed by atoms with E-state index in [1.807, 2.05) is 67.1 Å². The molecule has 0 aliphatic carbocycles. The van der Waals surface area contributed by atoms with Crippen molar-refractivity contribution in [2.24, 2.45) is 5.73 Å². The van der Waals surface area contributed by atoms with Gasteiger partial charge < -0.3 is 15.8 Å². The van der Waals surface area contributed by atoms with E-state index in [2.05, 4.69) is 5.32 Å². The minimum atomic E-state index is -0.493. The highest BCUT2D eigenvalue weighted by Crippen LogP contribution is 2.29. The van der Waals surface area contributed by atoms with Crippen LogP contribution in [0.5, 0.6) is 0 Å². The summed E-state index contributed by atoms with van der Waals surface area (Å²) in [4.78, 5) is 24.6. The van der Waals surface area contributed by atoms with Gasteiger partial charge in [0.05, 0.1) is 18.2 Å².